The molecule has 0 bridgehead atoms. The van der Waals surface area contributed by atoms with Gasteiger partial charge in [0.25, 0.3) is 0 Å². The Hall–Kier alpha value is -7.08. The highest BCUT2D eigenvalue weighted by molar-refractivity contribution is 7.24. The average molecular weight is 721 g/mol. The number of para-hydroxylation sites is 1. The van der Waals surface area contributed by atoms with Crippen molar-refractivity contribution in [3.63, 3.8) is 0 Å². The van der Waals surface area contributed by atoms with Gasteiger partial charge in [-0.15, -0.1) is 11.3 Å². The van der Waals surface area contributed by atoms with Crippen LogP contribution < -0.4 is 0 Å². The molecule has 5 heteroatoms. The van der Waals surface area contributed by atoms with E-state index in [-0.39, 0.29) is 0 Å². The number of hydrogen-bond acceptors (Lipinski definition) is 5. The predicted octanol–water partition coefficient (Wildman–Crippen LogP) is 13.3. The van der Waals surface area contributed by atoms with Gasteiger partial charge in [0, 0.05) is 48.2 Å². The average Bonchev–Trinajstić information content (AvgIpc) is 3.68. The first-order chi connectivity index (χ1) is 27.3. The predicted molar refractivity (Wildman–Crippen MR) is 229 cm³/mol. The van der Waals surface area contributed by atoms with Crippen LogP contribution in [-0.2, 0) is 0 Å². The molecule has 0 amide bonds. The first kappa shape index (κ1) is 32.6. The zero-order chi connectivity index (χ0) is 36.6. The minimum Gasteiger partial charge on any atom is -0.247 e. The fourth-order valence-corrected chi connectivity index (χ4v) is 8.63. The smallest absolute Gasteiger partial charge is 0.164 e. The lowest BCUT2D eigenvalue weighted by molar-refractivity contribution is 1.07. The quantitative estimate of drug-likeness (QED) is 0.164. The summed E-state index contributed by atoms with van der Waals surface area (Å²) in [7, 11) is 0. The number of nitrogens with zero attached hydrogens (tertiary/aromatic N) is 4. The topological polar surface area (TPSA) is 51.6 Å². The lowest BCUT2D eigenvalue weighted by Gasteiger charge is -2.12. The van der Waals surface area contributed by atoms with Gasteiger partial charge in [0.2, 0.25) is 0 Å². The highest BCUT2D eigenvalue weighted by Gasteiger charge is 2.23. The zero-order valence-corrected chi connectivity index (χ0v) is 30.5. The van der Waals surface area contributed by atoms with E-state index < -0.39 is 0 Å². The fourth-order valence-electron chi connectivity index (χ4n) is 7.26. The molecule has 0 aliphatic heterocycles. The molecule has 7 aromatic carbocycles. The molecular weight excluding hydrogens is 689 g/mol. The van der Waals surface area contributed by atoms with E-state index in [0.717, 1.165) is 55.4 Å². The van der Waals surface area contributed by atoms with E-state index in [1.807, 2.05) is 72.0 Å². The van der Waals surface area contributed by atoms with Crippen LogP contribution in [0.25, 0.3) is 99.1 Å². The van der Waals surface area contributed by atoms with Crippen LogP contribution in [0.3, 0.4) is 0 Å². The third-order valence-electron chi connectivity index (χ3n) is 9.94. The standard InChI is InChI=1S/C50H32N4S/c1-5-16-33(17-6-1)39-24-15-25-40(32-39)43-44-45(34-18-7-2-8-19-34)51-42-27-14-13-26-41(42)47(44)55-46(43)35-28-30-38(31-29-35)50-53-48(36-20-9-3-10-21-36)52-49(54-50)37-22-11-4-12-23-37/h1-32H. The maximum absolute atomic E-state index is 5.35. The Morgan fingerprint density at radius 3 is 1.38 bits per heavy atom. The van der Waals surface area contributed by atoms with Gasteiger partial charge in [0.1, 0.15) is 0 Å². The summed E-state index contributed by atoms with van der Waals surface area (Å²) in [5, 5.41) is 2.31. The molecule has 4 nitrogen and oxygen atoms in total. The monoisotopic (exact) mass is 720 g/mol. The van der Waals surface area contributed by atoms with Crippen molar-refractivity contribution in [3.05, 3.63) is 194 Å². The Morgan fingerprint density at radius 2 is 0.782 bits per heavy atom. The first-order valence-corrected chi connectivity index (χ1v) is 19.1. The molecule has 10 rings (SSSR count). The van der Waals surface area contributed by atoms with Crippen molar-refractivity contribution in [2.75, 3.05) is 0 Å². The SMILES string of the molecule is c1ccc(-c2cccc(-c3c(-c4ccc(-c5nc(-c6ccccc6)nc(-c6ccccc6)n5)cc4)sc4c3c(-c3ccccc3)nc3ccccc34)c2)cc1. The summed E-state index contributed by atoms with van der Waals surface area (Å²) >= 11 is 1.83. The Kier molecular flexibility index (Phi) is 8.32. The zero-order valence-electron chi connectivity index (χ0n) is 29.7. The van der Waals surface area contributed by atoms with Gasteiger partial charge in [0.05, 0.1) is 11.2 Å². The van der Waals surface area contributed by atoms with Crippen LogP contribution in [0.4, 0.5) is 0 Å². The molecule has 258 valence electrons. The van der Waals surface area contributed by atoms with Crippen molar-refractivity contribution >= 4 is 32.3 Å². The Bertz CT molecular complexity index is 2890. The lowest BCUT2D eigenvalue weighted by Crippen LogP contribution is -2.00. The molecule has 0 N–H and O–H groups in total. The highest BCUT2D eigenvalue weighted by Crippen LogP contribution is 2.50. The van der Waals surface area contributed by atoms with Gasteiger partial charge in [-0.25, -0.2) is 19.9 Å². The number of hydrogen-bond donors (Lipinski definition) is 0. The molecule has 0 aliphatic rings. The van der Waals surface area contributed by atoms with Gasteiger partial charge >= 0.3 is 0 Å². The molecule has 0 saturated heterocycles. The van der Waals surface area contributed by atoms with Crippen LogP contribution in [-0.4, -0.2) is 19.9 Å². The van der Waals surface area contributed by atoms with Crippen LogP contribution in [0.15, 0.2) is 194 Å². The summed E-state index contributed by atoms with van der Waals surface area (Å²) in [6, 6.07) is 67.4. The van der Waals surface area contributed by atoms with E-state index in [2.05, 4.69) is 133 Å². The normalized spacial score (nSPS) is 11.3. The first-order valence-electron chi connectivity index (χ1n) is 18.3. The van der Waals surface area contributed by atoms with Gasteiger partial charge in [-0.1, -0.05) is 182 Å². The molecule has 0 atom stereocenters. The van der Waals surface area contributed by atoms with E-state index in [1.165, 1.54) is 26.3 Å². The highest BCUT2D eigenvalue weighted by atomic mass is 32.1. The molecule has 0 fully saturated rings. The van der Waals surface area contributed by atoms with Crippen molar-refractivity contribution in [3.8, 4) is 78.1 Å². The molecule has 3 aromatic heterocycles. The van der Waals surface area contributed by atoms with E-state index in [1.54, 1.807) is 0 Å². The van der Waals surface area contributed by atoms with Crippen LogP contribution in [0.2, 0.25) is 0 Å². The van der Waals surface area contributed by atoms with E-state index in [0.29, 0.717) is 17.5 Å². The summed E-state index contributed by atoms with van der Waals surface area (Å²) in [6.45, 7) is 0. The van der Waals surface area contributed by atoms with Crippen LogP contribution in [0.1, 0.15) is 0 Å². The third kappa shape index (κ3) is 6.17. The third-order valence-corrected chi connectivity index (χ3v) is 11.2. The van der Waals surface area contributed by atoms with Crippen LogP contribution in [0.5, 0.6) is 0 Å². The van der Waals surface area contributed by atoms with Crippen molar-refractivity contribution in [2.24, 2.45) is 0 Å². The van der Waals surface area contributed by atoms with Gasteiger partial charge in [-0.2, -0.15) is 0 Å². The maximum atomic E-state index is 5.35. The Morgan fingerprint density at radius 1 is 0.327 bits per heavy atom. The number of benzene rings is 7. The summed E-state index contributed by atoms with van der Waals surface area (Å²) < 4.78 is 1.22. The molecule has 10 aromatic rings. The van der Waals surface area contributed by atoms with Gasteiger partial charge in [-0.05, 0) is 34.4 Å². The van der Waals surface area contributed by atoms with Crippen molar-refractivity contribution < 1.29 is 0 Å². The largest absolute Gasteiger partial charge is 0.247 e. The molecule has 0 radical (unpaired) electrons. The molecule has 0 saturated carbocycles. The lowest BCUT2D eigenvalue weighted by atomic mass is 9.93. The van der Waals surface area contributed by atoms with Crippen molar-refractivity contribution in [1.29, 1.82) is 0 Å². The van der Waals surface area contributed by atoms with E-state index in [9.17, 15) is 0 Å². The summed E-state index contributed by atoms with van der Waals surface area (Å²) in [6.07, 6.45) is 0. The number of fused-ring (bicyclic) bond motifs is 3. The van der Waals surface area contributed by atoms with Gasteiger partial charge < -0.3 is 0 Å². The van der Waals surface area contributed by atoms with Gasteiger partial charge in [0.15, 0.2) is 17.5 Å². The second-order valence-corrected chi connectivity index (χ2v) is 14.4. The fraction of sp³-hybridized carbons (Fsp3) is 0. The molecule has 0 unspecified atom stereocenters. The summed E-state index contributed by atoms with van der Waals surface area (Å²) in [5.41, 5.74) is 11.7. The van der Waals surface area contributed by atoms with Crippen molar-refractivity contribution in [1.82, 2.24) is 19.9 Å². The number of thiophene rings is 1. The number of aromatic nitrogens is 4. The van der Waals surface area contributed by atoms with Crippen molar-refractivity contribution in [2.45, 2.75) is 0 Å². The summed E-state index contributed by atoms with van der Waals surface area (Å²) in [4.78, 5) is 21.4. The van der Waals surface area contributed by atoms with Crippen LogP contribution >= 0.6 is 11.3 Å². The molecular formula is C50H32N4S. The van der Waals surface area contributed by atoms with Crippen LogP contribution in [0, 0.1) is 0 Å². The van der Waals surface area contributed by atoms with E-state index >= 15 is 0 Å². The Labute approximate surface area is 323 Å². The Balaban J connectivity index is 1.18. The summed E-state index contributed by atoms with van der Waals surface area (Å²) in [5.74, 6) is 1.92. The molecule has 0 aliphatic carbocycles. The molecule has 3 heterocycles. The molecule has 0 spiro atoms. The van der Waals surface area contributed by atoms with Gasteiger partial charge in [-0.3, -0.25) is 0 Å². The minimum absolute atomic E-state index is 0.632. The second kappa shape index (κ2) is 14.0. The maximum Gasteiger partial charge on any atom is 0.164 e. The number of rotatable bonds is 7. The minimum atomic E-state index is 0.632. The molecule has 55 heavy (non-hydrogen) atoms. The number of pyridine rings is 1. The van der Waals surface area contributed by atoms with E-state index in [4.69, 9.17) is 19.9 Å². The second-order valence-electron chi connectivity index (χ2n) is 13.4.